The van der Waals surface area contributed by atoms with Crippen molar-refractivity contribution in [2.75, 3.05) is 27.9 Å². The zero-order valence-electron chi connectivity index (χ0n) is 34.6. The van der Waals surface area contributed by atoms with E-state index in [-0.39, 0.29) is 23.7 Å². The third-order valence-corrected chi connectivity index (χ3v) is 12.7. The first-order chi connectivity index (χ1) is 30.8. The number of anilines is 4. The van der Waals surface area contributed by atoms with Crippen LogP contribution in [0.15, 0.2) is 194 Å². The molecule has 8 aromatic carbocycles. The molecule has 8 heteroatoms. The molecule has 0 aliphatic carbocycles. The number of rotatable bonds is 5. The van der Waals surface area contributed by atoms with Crippen molar-refractivity contribution in [3.05, 3.63) is 260 Å². The van der Waals surface area contributed by atoms with E-state index < -0.39 is 0 Å². The Balaban J connectivity index is 0.000000160. The molecule has 2 amide bonds. The van der Waals surface area contributed by atoms with Gasteiger partial charge in [0, 0.05) is 62.8 Å². The first-order valence-electron chi connectivity index (χ1n) is 20.9. The number of nitrogen functional groups attached to an aromatic ring is 1. The predicted molar refractivity (Wildman–Crippen MR) is 258 cm³/mol. The van der Waals surface area contributed by atoms with E-state index >= 15 is 0 Å². The Morgan fingerprint density at radius 1 is 0.460 bits per heavy atom. The van der Waals surface area contributed by atoms with Crippen molar-refractivity contribution in [1.82, 2.24) is 0 Å². The van der Waals surface area contributed by atoms with Gasteiger partial charge in [0.25, 0.3) is 11.8 Å². The van der Waals surface area contributed by atoms with Crippen molar-refractivity contribution in [1.29, 1.82) is 0 Å². The maximum atomic E-state index is 13.7. The third-order valence-electron chi connectivity index (χ3n) is 12.0. The lowest BCUT2D eigenvalue weighted by molar-refractivity contribution is 0.0977. The Bertz CT molecular complexity index is 2950. The van der Waals surface area contributed by atoms with Gasteiger partial charge in [-0.05, 0) is 117 Å². The van der Waals surface area contributed by atoms with Crippen molar-refractivity contribution in [3.63, 3.8) is 0 Å². The van der Waals surface area contributed by atoms with Gasteiger partial charge >= 0.3 is 0 Å². The standard InChI is InChI=1S/C28H23ClN2O.C27H21ClN2O/c1-30-21-16-14-19(15-17-21)28(32)31-18-20-8-2-3-9-22(20)27(23-10-4-6-12-25(23)29)24-11-5-7-13-26(24)31;28-24-11-5-3-9-22(24)26-21-8-2-1-7-19(21)17-30(25-12-6-4-10-23(25)26)27(31)18-13-15-20(29)16-14-18/h2-17,27,30H,18H2,1H3;1-16,26H,17,29H2. The highest BCUT2D eigenvalue weighted by Crippen LogP contribution is 2.46. The summed E-state index contributed by atoms with van der Waals surface area (Å²) < 4.78 is 0. The number of carbonyl (C=O) groups is 2. The molecule has 2 aliphatic rings. The number of hydrogen-bond acceptors (Lipinski definition) is 4. The van der Waals surface area contributed by atoms with E-state index in [0.29, 0.717) is 29.9 Å². The summed E-state index contributed by atoms with van der Waals surface area (Å²) >= 11 is 13.3. The summed E-state index contributed by atoms with van der Waals surface area (Å²) in [6.45, 7) is 0.984. The third kappa shape index (κ3) is 8.19. The molecule has 0 bridgehead atoms. The van der Waals surface area contributed by atoms with E-state index in [1.54, 1.807) is 24.3 Å². The Morgan fingerprint density at radius 2 is 0.810 bits per heavy atom. The molecule has 310 valence electrons. The zero-order valence-corrected chi connectivity index (χ0v) is 36.1. The molecule has 2 unspecified atom stereocenters. The lowest BCUT2D eigenvalue weighted by atomic mass is 9.83. The first kappa shape index (κ1) is 41.2. The molecule has 3 N–H and O–H groups in total. The van der Waals surface area contributed by atoms with Crippen LogP contribution < -0.4 is 20.9 Å². The van der Waals surface area contributed by atoms with Crippen LogP contribution >= 0.6 is 23.2 Å². The molecule has 6 nitrogen and oxygen atoms in total. The number of nitrogens with zero attached hydrogens (tertiary/aromatic N) is 2. The summed E-state index contributed by atoms with van der Waals surface area (Å²) in [6, 6.07) is 63.5. The van der Waals surface area contributed by atoms with Crippen LogP contribution in [-0.2, 0) is 13.1 Å². The average molecular weight is 864 g/mol. The predicted octanol–water partition coefficient (Wildman–Crippen LogP) is 13.0. The number of amides is 2. The SMILES string of the molecule is CNc1ccc(C(=O)N2Cc3ccccc3C(c3ccccc3Cl)c3ccccc32)cc1.Nc1ccc(C(=O)N2Cc3ccccc3C(c3ccccc3Cl)c3ccccc32)cc1. The monoisotopic (exact) mass is 862 g/mol. The highest BCUT2D eigenvalue weighted by atomic mass is 35.5. The number of carbonyl (C=O) groups excluding carboxylic acids is 2. The van der Waals surface area contributed by atoms with Crippen molar-refractivity contribution >= 4 is 57.8 Å². The highest BCUT2D eigenvalue weighted by molar-refractivity contribution is 6.32. The molecule has 0 spiro atoms. The molecule has 0 saturated carbocycles. The van der Waals surface area contributed by atoms with Gasteiger partial charge in [-0.15, -0.1) is 0 Å². The number of fused-ring (bicyclic) bond motifs is 4. The van der Waals surface area contributed by atoms with E-state index in [2.05, 4.69) is 59.9 Å². The van der Waals surface area contributed by atoms with Gasteiger partial charge in [0.2, 0.25) is 0 Å². The average Bonchev–Trinajstić information content (AvgIpc) is 3.57. The summed E-state index contributed by atoms with van der Waals surface area (Å²) in [6.07, 6.45) is 0. The Morgan fingerprint density at radius 3 is 1.22 bits per heavy atom. The number of benzene rings is 8. The van der Waals surface area contributed by atoms with E-state index in [1.165, 1.54) is 5.56 Å². The smallest absolute Gasteiger partial charge is 0.258 e. The van der Waals surface area contributed by atoms with Crippen LogP contribution in [0.4, 0.5) is 22.7 Å². The normalized spacial score (nSPS) is 14.9. The maximum Gasteiger partial charge on any atom is 0.258 e. The second kappa shape index (κ2) is 18.1. The molecule has 2 aliphatic heterocycles. The molecule has 8 aromatic rings. The van der Waals surface area contributed by atoms with Crippen LogP contribution in [0.5, 0.6) is 0 Å². The molecule has 2 atom stereocenters. The topological polar surface area (TPSA) is 78.7 Å². The fourth-order valence-corrected chi connectivity index (χ4v) is 9.38. The van der Waals surface area contributed by atoms with Gasteiger partial charge in [-0.25, -0.2) is 0 Å². The van der Waals surface area contributed by atoms with Gasteiger partial charge in [0.05, 0.1) is 13.1 Å². The van der Waals surface area contributed by atoms with Crippen LogP contribution in [0.25, 0.3) is 0 Å². The van der Waals surface area contributed by atoms with Crippen LogP contribution in [-0.4, -0.2) is 18.9 Å². The summed E-state index contributed by atoms with van der Waals surface area (Å²) in [7, 11) is 1.87. The van der Waals surface area contributed by atoms with Crippen molar-refractivity contribution in [2.24, 2.45) is 0 Å². The molecule has 0 aromatic heterocycles. The van der Waals surface area contributed by atoms with Gasteiger partial charge in [-0.3, -0.25) is 9.59 Å². The number of halogens is 2. The van der Waals surface area contributed by atoms with Crippen LogP contribution in [0.2, 0.25) is 10.0 Å². The summed E-state index contributed by atoms with van der Waals surface area (Å²) in [5.74, 6) is -0.192. The molecular weight excluding hydrogens is 820 g/mol. The van der Waals surface area contributed by atoms with Crippen molar-refractivity contribution < 1.29 is 9.59 Å². The molecule has 10 rings (SSSR count). The number of hydrogen-bond donors (Lipinski definition) is 2. The molecule has 0 saturated heterocycles. The van der Waals surface area contributed by atoms with E-state index in [4.69, 9.17) is 28.9 Å². The molecular formula is C55H44Cl2N4O2. The van der Waals surface area contributed by atoms with Crippen molar-refractivity contribution in [2.45, 2.75) is 24.9 Å². The Hall–Kier alpha value is -7.12. The van der Waals surface area contributed by atoms with Gasteiger partial charge < -0.3 is 20.9 Å². The number of nitrogens with two attached hydrogens (primary N) is 1. The Labute approximate surface area is 378 Å². The molecule has 2 heterocycles. The Kier molecular flexibility index (Phi) is 11.8. The molecule has 0 radical (unpaired) electrons. The number of para-hydroxylation sites is 2. The lowest BCUT2D eigenvalue weighted by Crippen LogP contribution is -2.30. The van der Waals surface area contributed by atoms with E-state index in [1.807, 2.05) is 132 Å². The van der Waals surface area contributed by atoms with Gasteiger partial charge in [-0.1, -0.05) is 145 Å². The van der Waals surface area contributed by atoms with Crippen LogP contribution in [0.3, 0.4) is 0 Å². The van der Waals surface area contributed by atoms with E-state index in [0.717, 1.165) is 66.1 Å². The quantitative estimate of drug-likeness (QED) is 0.169. The second-order valence-corrected chi connectivity index (χ2v) is 16.5. The fourth-order valence-electron chi connectivity index (χ4n) is 8.89. The molecule has 63 heavy (non-hydrogen) atoms. The fraction of sp³-hybridized carbons (Fsp3) is 0.0909. The van der Waals surface area contributed by atoms with E-state index in [9.17, 15) is 9.59 Å². The second-order valence-electron chi connectivity index (χ2n) is 15.7. The summed E-state index contributed by atoms with van der Waals surface area (Å²) in [4.78, 5) is 31.1. The first-order valence-corrected chi connectivity index (χ1v) is 21.7. The van der Waals surface area contributed by atoms with Gasteiger partial charge in [-0.2, -0.15) is 0 Å². The van der Waals surface area contributed by atoms with Crippen LogP contribution in [0, 0.1) is 0 Å². The molecule has 0 fully saturated rings. The largest absolute Gasteiger partial charge is 0.399 e. The van der Waals surface area contributed by atoms with Crippen molar-refractivity contribution in [3.8, 4) is 0 Å². The minimum Gasteiger partial charge on any atom is -0.399 e. The lowest BCUT2D eigenvalue weighted by Gasteiger charge is -2.25. The van der Waals surface area contributed by atoms with Gasteiger partial charge in [0.15, 0.2) is 0 Å². The summed E-state index contributed by atoms with van der Waals surface area (Å²) in [5.41, 5.74) is 19.3. The minimum absolute atomic E-state index is 0.0188. The minimum atomic E-state index is -0.0645. The summed E-state index contributed by atoms with van der Waals surface area (Å²) in [5, 5.41) is 4.55. The van der Waals surface area contributed by atoms with Crippen LogP contribution in [0.1, 0.15) is 77.1 Å². The van der Waals surface area contributed by atoms with Gasteiger partial charge in [0.1, 0.15) is 0 Å². The highest BCUT2D eigenvalue weighted by Gasteiger charge is 2.34. The number of nitrogens with one attached hydrogen (secondary N) is 1. The maximum absolute atomic E-state index is 13.7. The zero-order chi connectivity index (χ0) is 43.5.